The van der Waals surface area contributed by atoms with E-state index in [0.717, 1.165) is 47.3 Å². The number of hydrogen-bond donors (Lipinski definition) is 0. The largest absolute Gasteiger partial charge is 0.467 e. The SMILES string of the molecule is Cc1ccccc1-c1nnc(SCC(=O)N(CC(C)C)C2CC2)n1Cc1ccco1. The van der Waals surface area contributed by atoms with Gasteiger partial charge in [-0.05, 0) is 43.4 Å². The van der Waals surface area contributed by atoms with Crippen molar-refractivity contribution in [2.45, 2.75) is 51.4 Å². The number of rotatable bonds is 9. The number of aryl methyl sites for hydroxylation is 1. The first-order valence-corrected chi connectivity index (χ1v) is 11.5. The van der Waals surface area contributed by atoms with Crippen LogP contribution in [0.2, 0.25) is 0 Å². The van der Waals surface area contributed by atoms with E-state index in [2.05, 4.69) is 43.1 Å². The maximum atomic E-state index is 12.9. The van der Waals surface area contributed by atoms with Crippen LogP contribution in [0.4, 0.5) is 0 Å². The quantitative estimate of drug-likeness (QED) is 0.469. The highest BCUT2D eigenvalue weighted by Crippen LogP contribution is 2.30. The van der Waals surface area contributed by atoms with Crippen LogP contribution in [0.25, 0.3) is 11.4 Å². The normalized spacial score (nSPS) is 13.7. The van der Waals surface area contributed by atoms with Crippen molar-refractivity contribution in [2.24, 2.45) is 5.92 Å². The van der Waals surface area contributed by atoms with Crippen molar-refractivity contribution in [1.82, 2.24) is 19.7 Å². The Hall–Kier alpha value is -2.54. The molecular weight excluding hydrogens is 396 g/mol. The van der Waals surface area contributed by atoms with Gasteiger partial charge in [-0.3, -0.25) is 9.36 Å². The summed E-state index contributed by atoms with van der Waals surface area (Å²) in [6, 6.07) is 12.4. The molecule has 1 aromatic carbocycles. The van der Waals surface area contributed by atoms with Crippen LogP contribution in [0, 0.1) is 12.8 Å². The van der Waals surface area contributed by atoms with Gasteiger partial charge in [-0.25, -0.2) is 0 Å². The molecule has 0 saturated heterocycles. The highest BCUT2D eigenvalue weighted by Gasteiger charge is 2.33. The van der Waals surface area contributed by atoms with Gasteiger partial charge in [0.05, 0.1) is 18.6 Å². The van der Waals surface area contributed by atoms with E-state index in [0.29, 0.717) is 24.3 Å². The molecule has 0 spiro atoms. The molecule has 1 saturated carbocycles. The fourth-order valence-electron chi connectivity index (χ4n) is 3.56. The molecule has 0 radical (unpaired) electrons. The summed E-state index contributed by atoms with van der Waals surface area (Å²) in [5.41, 5.74) is 2.17. The molecule has 4 rings (SSSR count). The number of aromatic nitrogens is 3. The van der Waals surface area contributed by atoms with Crippen LogP contribution in [0.3, 0.4) is 0 Å². The van der Waals surface area contributed by atoms with Crippen molar-refractivity contribution in [2.75, 3.05) is 12.3 Å². The molecule has 1 amide bonds. The fourth-order valence-corrected chi connectivity index (χ4v) is 4.39. The van der Waals surface area contributed by atoms with E-state index in [9.17, 15) is 4.79 Å². The average molecular weight is 425 g/mol. The second kappa shape index (κ2) is 9.08. The van der Waals surface area contributed by atoms with Crippen LogP contribution in [0.5, 0.6) is 0 Å². The third-order valence-electron chi connectivity index (χ3n) is 5.19. The number of carbonyl (C=O) groups is 1. The van der Waals surface area contributed by atoms with Gasteiger partial charge < -0.3 is 9.32 Å². The van der Waals surface area contributed by atoms with Gasteiger partial charge in [0.25, 0.3) is 0 Å². The number of benzene rings is 1. The zero-order valence-corrected chi connectivity index (χ0v) is 18.6. The summed E-state index contributed by atoms with van der Waals surface area (Å²) >= 11 is 1.46. The number of hydrogen-bond acceptors (Lipinski definition) is 5. The number of nitrogens with zero attached hydrogens (tertiary/aromatic N) is 4. The third kappa shape index (κ3) is 4.78. The maximum Gasteiger partial charge on any atom is 0.233 e. The van der Waals surface area contributed by atoms with Crippen molar-refractivity contribution in [3.63, 3.8) is 0 Å². The molecule has 0 aliphatic heterocycles. The van der Waals surface area contributed by atoms with Gasteiger partial charge in [0.2, 0.25) is 5.91 Å². The van der Waals surface area contributed by atoms with E-state index in [1.54, 1.807) is 6.26 Å². The van der Waals surface area contributed by atoms with Gasteiger partial charge in [0, 0.05) is 18.2 Å². The molecule has 0 N–H and O–H groups in total. The third-order valence-corrected chi connectivity index (χ3v) is 6.14. The molecule has 0 unspecified atom stereocenters. The molecule has 7 heteroatoms. The lowest BCUT2D eigenvalue weighted by Crippen LogP contribution is -2.37. The van der Waals surface area contributed by atoms with Crippen LogP contribution in [0.1, 0.15) is 38.0 Å². The first-order chi connectivity index (χ1) is 14.5. The molecule has 30 heavy (non-hydrogen) atoms. The van der Waals surface area contributed by atoms with E-state index < -0.39 is 0 Å². The van der Waals surface area contributed by atoms with Crippen molar-refractivity contribution in [3.05, 3.63) is 54.0 Å². The molecule has 1 fully saturated rings. The summed E-state index contributed by atoms with van der Waals surface area (Å²) < 4.78 is 7.61. The molecule has 158 valence electrons. The van der Waals surface area contributed by atoms with E-state index >= 15 is 0 Å². The molecule has 6 nitrogen and oxygen atoms in total. The van der Waals surface area contributed by atoms with Crippen molar-refractivity contribution in [3.8, 4) is 11.4 Å². The Morgan fingerprint density at radius 3 is 2.70 bits per heavy atom. The highest BCUT2D eigenvalue weighted by atomic mass is 32.2. The summed E-state index contributed by atoms with van der Waals surface area (Å²) in [5.74, 6) is 2.64. The van der Waals surface area contributed by atoms with Gasteiger partial charge in [-0.2, -0.15) is 0 Å². The molecule has 0 atom stereocenters. The molecule has 2 heterocycles. The second-order valence-corrected chi connectivity index (χ2v) is 9.19. The molecule has 1 aliphatic rings. The van der Waals surface area contributed by atoms with E-state index in [4.69, 9.17) is 4.42 Å². The smallest absolute Gasteiger partial charge is 0.233 e. The maximum absolute atomic E-state index is 12.9. The van der Waals surface area contributed by atoms with Gasteiger partial charge in [-0.15, -0.1) is 10.2 Å². The lowest BCUT2D eigenvalue weighted by Gasteiger charge is -2.24. The molecule has 1 aliphatic carbocycles. The summed E-state index contributed by atoms with van der Waals surface area (Å²) in [7, 11) is 0. The Kier molecular flexibility index (Phi) is 6.27. The van der Waals surface area contributed by atoms with Gasteiger partial charge in [0.1, 0.15) is 5.76 Å². The number of amides is 1. The summed E-state index contributed by atoms with van der Waals surface area (Å²) in [6.07, 6.45) is 3.91. The average Bonchev–Trinajstić information content (AvgIpc) is 3.29. The van der Waals surface area contributed by atoms with Crippen molar-refractivity contribution >= 4 is 17.7 Å². The van der Waals surface area contributed by atoms with E-state index in [1.807, 2.05) is 33.7 Å². The van der Waals surface area contributed by atoms with Gasteiger partial charge in [0.15, 0.2) is 11.0 Å². The monoisotopic (exact) mass is 424 g/mol. The van der Waals surface area contributed by atoms with Crippen LogP contribution in [-0.2, 0) is 11.3 Å². The van der Waals surface area contributed by atoms with Crippen LogP contribution < -0.4 is 0 Å². The Labute approximate surface area is 181 Å². The second-order valence-electron chi connectivity index (χ2n) is 8.25. The lowest BCUT2D eigenvalue weighted by molar-refractivity contribution is -0.129. The molecule has 0 bridgehead atoms. The topological polar surface area (TPSA) is 64.2 Å². The number of thioether (sulfide) groups is 1. The number of furan rings is 1. The molecule has 2 aromatic heterocycles. The predicted octanol–water partition coefficient (Wildman–Crippen LogP) is 4.63. The zero-order valence-electron chi connectivity index (χ0n) is 17.7. The lowest BCUT2D eigenvalue weighted by atomic mass is 10.1. The summed E-state index contributed by atoms with van der Waals surface area (Å²) in [5, 5.41) is 9.64. The minimum atomic E-state index is 0.182. The van der Waals surface area contributed by atoms with Crippen molar-refractivity contribution in [1.29, 1.82) is 0 Å². The Balaban J connectivity index is 1.56. The minimum absolute atomic E-state index is 0.182. The van der Waals surface area contributed by atoms with Crippen LogP contribution in [-0.4, -0.2) is 43.9 Å². The summed E-state index contributed by atoms with van der Waals surface area (Å²) in [4.78, 5) is 15.0. The Morgan fingerprint density at radius 2 is 2.03 bits per heavy atom. The van der Waals surface area contributed by atoms with E-state index in [1.165, 1.54) is 11.8 Å². The van der Waals surface area contributed by atoms with Crippen LogP contribution >= 0.6 is 11.8 Å². The zero-order chi connectivity index (χ0) is 21.1. The van der Waals surface area contributed by atoms with E-state index in [-0.39, 0.29) is 5.91 Å². The van der Waals surface area contributed by atoms with Crippen LogP contribution in [0.15, 0.2) is 52.2 Å². The summed E-state index contributed by atoms with van der Waals surface area (Å²) in [6.45, 7) is 7.72. The Bertz CT molecular complexity index is 993. The first-order valence-electron chi connectivity index (χ1n) is 10.5. The Morgan fingerprint density at radius 1 is 1.23 bits per heavy atom. The number of carbonyl (C=O) groups excluding carboxylic acids is 1. The first kappa shape index (κ1) is 20.7. The standard InChI is InChI=1S/C23H28N4O2S/c1-16(2)13-26(18-10-11-18)21(28)15-30-23-25-24-22(20-9-5-4-7-17(20)3)27(23)14-19-8-6-12-29-19/h4-9,12,16,18H,10-11,13-15H2,1-3H3. The molecular formula is C23H28N4O2S. The predicted molar refractivity (Wildman–Crippen MR) is 118 cm³/mol. The fraction of sp³-hybridized carbons (Fsp3) is 0.435. The minimum Gasteiger partial charge on any atom is -0.467 e. The highest BCUT2D eigenvalue weighted by molar-refractivity contribution is 7.99. The molecule has 3 aromatic rings. The van der Waals surface area contributed by atoms with Gasteiger partial charge in [-0.1, -0.05) is 49.9 Å². The van der Waals surface area contributed by atoms with Crippen molar-refractivity contribution < 1.29 is 9.21 Å². The van der Waals surface area contributed by atoms with Gasteiger partial charge >= 0.3 is 0 Å².